The van der Waals surface area contributed by atoms with E-state index in [1.807, 2.05) is 42.3 Å². The Bertz CT molecular complexity index is 742. The van der Waals surface area contributed by atoms with Crippen LogP contribution in [0.1, 0.15) is 11.1 Å². The first-order valence-electron chi connectivity index (χ1n) is 8.52. The average Bonchev–Trinajstić information content (AvgIpc) is 2.64. The Morgan fingerprint density at radius 1 is 0.963 bits per heavy atom. The molecule has 27 heavy (non-hydrogen) atoms. The summed E-state index contributed by atoms with van der Waals surface area (Å²) in [4.78, 5) is 2.00. The van der Waals surface area contributed by atoms with Crippen LogP contribution in [0.4, 0.5) is 0 Å². The summed E-state index contributed by atoms with van der Waals surface area (Å²) in [5.41, 5.74) is 1.98. The molecule has 2 rings (SSSR count). The lowest BCUT2D eigenvalue weighted by Crippen LogP contribution is -2.31. The van der Waals surface area contributed by atoms with E-state index in [1.165, 1.54) is 0 Å². The number of likely N-dealkylation sites (N-methyl/N-ethyl adjacent to an activating group) is 1. The molecule has 0 radical (unpaired) electrons. The molecule has 2 aromatic carbocycles. The predicted molar refractivity (Wildman–Crippen MR) is 108 cm³/mol. The maximum Gasteiger partial charge on any atom is 0.161 e. The SMILES string of the molecule is COc1ccc(COC[C@@H](O)CN(C)Cc2ccc(Cl)c(Cl)c2)cc1OC. The van der Waals surface area contributed by atoms with Gasteiger partial charge in [-0.25, -0.2) is 0 Å². The first kappa shape index (κ1) is 21.8. The van der Waals surface area contributed by atoms with Crippen LogP contribution in [-0.2, 0) is 17.9 Å². The Morgan fingerprint density at radius 3 is 2.33 bits per heavy atom. The fraction of sp³-hybridized carbons (Fsp3) is 0.400. The molecule has 1 atom stereocenters. The third kappa shape index (κ3) is 6.87. The molecule has 1 N–H and O–H groups in total. The quantitative estimate of drug-likeness (QED) is 0.637. The minimum absolute atomic E-state index is 0.236. The van der Waals surface area contributed by atoms with Crippen LogP contribution in [0.25, 0.3) is 0 Å². The van der Waals surface area contributed by atoms with Gasteiger partial charge >= 0.3 is 0 Å². The summed E-state index contributed by atoms with van der Waals surface area (Å²) >= 11 is 12.0. The van der Waals surface area contributed by atoms with E-state index < -0.39 is 6.10 Å². The van der Waals surface area contributed by atoms with Gasteiger partial charge in [0.05, 0.1) is 43.6 Å². The molecule has 0 aliphatic rings. The zero-order valence-corrected chi connectivity index (χ0v) is 17.3. The van der Waals surface area contributed by atoms with Gasteiger partial charge in [0.1, 0.15) is 0 Å². The molecule has 2 aromatic rings. The van der Waals surface area contributed by atoms with Gasteiger partial charge < -0.3 is 19.3 Å². The number of ether oxygens (including phenoxy) is 3. The molecule has 0 saturated heterocycles. The van der Waals surface area contributed by atoms with E-state index in [4.69, 9.17) is 37.4 Å². The van der Waals surface area contributed by atoms with Gasteiger partial charge in [0.25, 0.3) is 0 Å². The number of benzene rings is 2. The van der Waals surface area contributed by atoms with Crippen molar-refractivity contribution in [3.63, 3.8) is 0 Å². The average molecular weight is 414 g/mol. The largest absolute Gasteiger partial charge is 0.493 e. The minimum atomic E-state index is -0.599. The molecular weight excluding hydrogens is 389 g/mol. The Morgan fingerprint density at radius 2 is 1.67 bits per heavy atom. The molecule has 0 aliphatic heterocycles. The number of nitrogens with zero attached hydrogens (tertiary/aromatic N) is 1. The van der Waals surface area contributed by atoms with Crippen molar-refractivity contribution in [1.29, 1.82) is 0 Å². The first-order chi connectivity index (χ1) is 12.9. The summed E-state index contributed by atoms with van der Waals surface area (Å²) in [6, 6.07) is 11.1. The molecule has 0 amide bonds. The van der Waals surface area contributed by atoms with Crippen molar-refractivity contribution in [2.75, 3.05) is 34.4 Å². The van der Waals surface area contributed by atoms with Gasteiger partial charge in [0.2, 0.25) is 0 Å². The molecule has 0 heterocycles. The highest BCUT2D eigenvalue weighted by atomic mass is 35.5. The molecule has 0 spiro atoms. The van der Waals surface area contributed by atoms with Crippen LogP contribution in [0.3, 0.4) is 0 Å². The smallest absolute Gasteiger partial charge is 0.161 e. The fourth-order valence-corrected chi connectivity index (χ4v) is 3.03. The molecule has 0 fully saturated rings. The highest BCUT2D eigenvalue weighted by molar-refractivity contribution is 6.42. The predicted octanol–water partition coefficient (Wildman–Crippen LogP) is 4.02. The Labute approximate surface area is 170 Å². The van der Waals surface area contributed by atoms with Crippen LogP contribution in [0.15, 0.2) is 36.4 Å². The zero-order chi connectivity index (χ0) is 19.8. The number of rotatable bonds is 10. The first-order valence-corrected chi connectivity index (χ1v) is 9.27. The summed E-state index contributed by atoms with van der Waals surface area (Å²) < 4.78 is 16.1. The molecule has 7 heteroatoms. The number of aliphatic hydroxyl groups excluding tert-OH is 1. The molecule has 0 bridgehead atoms. The topological polar surface area (TPSA) is 51.2 Å². The summed E-state index contributed by atoms with van der Waals surface area (Å²) in [5.74, 6) is 1.32. The zero-order valence-electron chi connectivity index (χ0n) is 15.7. The van der Waals surface area contributed by atoms with Crippen LogP contribution in [0.5, 0.6) is 11.5 Å². The van der Waals surface area contributed by atoms with Gasteiger partial charge in [-0.2, -0.15) is 0 Å². The molecule has 5 nitrogen and oxygen atoms in total. The second-order valence-corrected chi connectivity index (χ2v) is 7.12. The van der Waals surface area contributed by atoms with Crippen LogP contribution in [0.2, 0.25) is 10.0 Å². The van der Waals surface area contributed by atoms with E-state index >= 15 is 0 Å². The van der Waals surface area contributed by atoms with Crippen molar-refractivity contribution in [2.45, 2.75) is 19.3 Å². The molecular formula is C20H25Cl2NO4. The Balaban J connectivity index is 1.76. The fourth-order valence-electron chi connectivity index (χ4n) is 2.71. The second-order valence-electron chi connectivity index (χ2n) is 6.30. The summed E-state index contributed by atoms with van der Waals surface area (Å²) in [6.07, 6.45) is -0.599. The van der Waals surface area contributed by atoms with E-state index in [9.17, 15) is 5.11 Å². The van der Waals surface area contributed by atoms with Crippen molar-refractivity contribution in [3.8, 4) is 11.5 Å². The highest BCUT2D eigenvalue weighted by Gasteiger charge is 2.11. The highest BCUT2D eigenvalue weighted by Crippen LogP contribution is 2.27. The van der Waals surface area contributed by atoms with Crippen LogP contribution < -0.4 is 9.47 Å². The molecule has 0 saturated carbocycles. The van der Waals surface area contributed by atoms with Crippen LogP contribution >= 0.6 is 23.2 Å². The minimum Gasteiger partial charge on any atom is -0.493 e. The van der Waals surface area contributed by atoms with Crippen molar-refractivity contribution >= 4 is 23.2 Å². The maximum absolute atomic E-state index is 10.2. The van der Waals surface area contributed by atoms with E-state index in [-0.39, 0.29) is 6.61 Å². The number of aliphatic hydroxyl groups is 1. The third-order valence-electron chi connectivity index (χ3n) is 3.99. The maximum atomic E-state index is 10.2. The number of methoxy groups -OCH3 is 2. The van der Waals surface area contributed by atoms with E-state index in [0.717, 1.165) is 11.1 Å². The lowest BCUT2D eigenvalue weighted by atomic mass is 10.2. The van der Waals surface area contributed by atoms with E-state index in [0.29, 0.717) is 41.2 Å². The van der Waals surface area contributed by atoms with Crippen molar-refractivity contribution in [3.05, 3.63) is 57.6 Å². The molecule has 0 unspecified atom stereocenters. The van der Waals surface area contributed by atoms with Gasteiger partial charge in [0, 0.05) is 13.1 Å². The van der Waals surface area contributed by atoms with Crippen molar-refractivity contribution in [1.82, 2.24) is 4.90 Å². The van der Waals surface area contributed by atoms with Gasteiger partial charge in [-0.3, -0.25) is 4.90 Å². The normalized spacial score (nSPS) is 12.3. The third-order valence-corrected chi connectivity index (χ3v) is 4.72. The van der Waals surface area contributed by atoms with Crippen LogP contribution in [0, 0.1) is 0 Å². The van der Waals surface area contributed by atoms with Crippen LogP contribution in [-0.4, -0.2) is 50.5 Å². The lowest BCUT2D eigenvalue weighted by Gasteiger charge is -2.21. The summed E-state index contributed by atoms with van der Waals surface area (Å²) in [5, 5.41) is 11.3. The number of halogens is 2. The summed E-state index contributed by atoms with van der Waals surface area (Å²) in [7, 11) is 5.12. The standard InChI is InChI=1S/C20H25Cl2NO4/c1-23(10-14-4-6-17(21)18(22)8-14)11-16(24)13-27-12-15-5-7-19(25-2)20(9-15)26-3/h4-9,16,24H,10-13H2,1-3H3/t16-/m0/s1. The van der Waals surface area contributed by atoms with Gasteiger partial charge in [-0.1, -0.05) is 35.3 Å². The number of hydrogen-bond acceptors (Lipinski definition) is 5. The Hall–Kier alpha value is -1.50. The Kier molecular flexibility index (Phi) is 8.67. The molecule has 0 aliphatic carbocycles. The van der Waals surface area contributed by atoms with E-state index in [1.54, 1.807) is 20.3 Å². The monoisotopic (exact) mass is 413 g/mol. The van der Waals surface area contributed by atoms with Crippen molar-refractivity contribution in [2.24, 2.45) is 0 Å². The van der Waals surface area contributed by atoms with E-state index in [2.05, 4.69) is 0 Å². The van der Waals surface area contributed by atoms with Gasteiger partial charge in [-0.05, 0) is 42.4 Å². The molecule has 0 aromatic heterocycles. The van der Waals surface area contributed by atoms with Gasteiger partial charge in [-0.15, -0.1) is 0 Å². The van der Waals surface area contributed by atoms with Gasteiger partial charge in [0.15, 0.2) is 11.5 Å². The molecule has 148 valence electrons. The van der Waals surface area contributed by atoms with Crippen molar-refractivity contribution < 1.29 is 19.3 Å². The second kappa shape index (κ2) is 10.7. The lowest BCUT2D eigenvalue weighted by molar-refractivity contribution is 0.0126. The summed E-state index contributed by atoms with van der Waals surface area (Å²) in [6.45, 7) is 1.75. The number of hydrogen-bond donors (Lipinski definition) is 1.